The average molecular weight is 197 g/mol. The second-order valence-corrected chi connectivity index (χ2v) is 3.93. The minimum absolute atomic E-state index is 0.0650. The Kier molecular flexibility index (Phi) is 2.09. The van der Waals surface area contributed by atoms with Crippen LogP contribution in [-0.4, -0.2) is 14.3 Å². The van der Waals surface area contributed by atoms with Gasteiger partial charge < -0.3 is 0 Å². The Balaban J connectivity index is 2.49. The highest BCUT2D eigenvalue weighted by molar-refractivity contribution is 4.86. The zero-order valence-electron chi connectivity index (χ0n) is 8.49. The van der Waals surface area contributed by atoms with Crippen molar-refractivity contribution in [2.75, 3.05) is 0 Å². The van der Waals surface area contributed by atoms with Crippen LogP contribution in [0.1, 0.15) is 45.2 Å². The van der Waals surface area contributed by atoms with Crippen molar-refractivity contribution in [3.63, 3.8) is 0 Å². The number of hydrogen-bond donors (Lipinski definition) is 1. The Morgan fingerprint density at radius 2 is 2.14 bits per heavy atom. The number of rotatable bonds is 3. The van der Waals surface area contributed by atoms with E-state index in [1.165, 1.54) is 9.25 Å². The molecule has 1 aromatic rings. The molecule has 1 heterocycles. The van der Waals surface area contributed by atoms with Crippen molar-refractivity contribution in [1.82, 2.24) is 14.3 Å². The van der Waals surface area contributed by atoms with Crippen molar-refractivity contribution >= 4 is 0 Å². The smallest absolute Gasteiger partial charge is 0.246 e. The first-order valence-corrected chi connectivity index (χ1v) is 5.08. The van der Waals surface area contributed by atoms with Crippen LogP contribution in [0.5, 0.6) is 0 Å². The van der Waals surface area contributed by atoms with Gasteiger partial charge >= 0.3 is 11.4 Å². The van der Waals surface area contributed by atoms with Gasteiger partial charge in [-0.1, -0.05) is 6.92 Å². The van der Waals surface area contributed by atoms with E-state index < -0.39 is 0 Å². The van der Waals surface area contributed by atoms with Crippen molar-refractivity contribution in [3.8, 4) is 0 Å². The topological polar surface area (TPSA) is 59.8 Å². The molecule has 1 unspecified atom stereocenters. The van der Waals surface area contributed by atoms with Crippen LogP contribution in [0.3, 0.4) is 0 Å². The number of H-pyrrole nitrogens is 1. The van der Waals surface area contributed by atoms with E-state index in [2.05, 4.69) is 5.10 Å². The third kappa shape index (κ3) is 1.32. The van der Waals surface area contributed by atoms with Gasteiger partial charge in [0.05, 0.1) is 6.04 Å². The predicted molar refractivity (Wildman–Crippen MR) is 52.6 cm³/mol. The van der Waals surface area contributed by atoms with Gasteiger partial charge in [0.2, 0.25) is 0 Å². The quantitative estimate of drug-likeness (QED) is 0.773. The van der Waals surface area contributed by atoms with E-state index >= 15 is 0 Å². The van der Waals surface area contributed by atoms with E-state index in [4.69, 9.17) is 0 Å². The number of nitrogens with one attached hydrogen (secondary N) is 1. The molecule has 0 aliphatic heterocycles. The Hall–Kier alpha value is -1.26. The molecule has 1 fully saturated rings. The van der Waals surface area contributed by atoms with Gasteiger partial charge in [-0.25, -0.2) is 23.9 Å². The molecule has 1 N–H and O–H groups in total. The summed E-state index contributed by atoms with van der Waals surface area (Å²) < 4.78 is 2.77. The summed E-state index contributed by atoms with van der Waals surface area (Å²) in [5.74, 6) is 0. The van der Waals surface area contributed by atoms with Crippen molar-refractivity contribution in [2.45, 2.75) is 45.2 Å². The Morgan fingerprint density at radius 1 is 1.50 bits per heavy atom. The van der Waals surface area contributed by atoms with E-state index in [-0.39, 0.29) is 23.5 Å². The van der Waals surface area contributed by atoms with E-state index in [0.29, 0.717) is 0 Å². The molecule has 0 saturated heterocycles. The third-order valence-electron chi connectivity index (χ3n) is 2.79. The van der Waals surface area contributed by atoms with Gasteiger partial charge in [-0.05, 0) is 26.2 Å². The summed E-state index contributed by atoms with van der Waals surface area (Å²) in [6.07, 6.45) is 2.74. The summed E-state index contributed by atoms with van der Waals surface area (Å²) in [6.45, 7) is 3.92. The van der Waals surface area contributed by atoms with E-state index in [9.17, 15) is 9.59 Å². The summed E-state index contributed by atoms with van der Waals surface area (Å²) in [7, 11) is 0. The highest BCUT2D eigenvalue weighted by Gasteiger charge is 2.29. The summed E-state index contributed by atoms with van der Waals surface area (Å²) in [5.41, 5.74) is -0.454. The maximum Gasteiger partial charge on any atom is 0.347 e. The molecule has 5 nitrogen and oxygen atoms in total. The van der Waals surface area contributed by atoms with Gasteiger partial charge in [0.15, 0.2) is 0 Å². The van der Waals surface area contributed by atoms with Crippen LogP contribution in [0, 0.1) is 0 Å². The SMILES string of the molecule is CCC(C)n1[nH]c(=O)n(C2CC2)c1=O. The predicted octanol–water partition coefficient (Wildman–Crippen LogP) is 0.644. The fourth-order valence-electron chi connectivity index (χ4n) is 1.54. The van der Waals surface area contributed by atoms with Crippen LogP contribution < -0.4 is 11.4 Å². The molecule has 0 aromatic carbocycles. The summed E-state index contributed by atoms with van der Waals surface area (Å²) in [6, 6.07) is 0.215. The molecule has 1 saturated carbocycles. The van der Waals surface area contributed by atoms with Crippen LogP contribution in [0.25, 0.3) is 0 Å². The van der Waals surface area contributed by atoms with Gasteiger partial charge in [0.25, 0.3) is 0 Å². The summed E-state index contributed by atoms with van der Waals surface area (Å²) >= 11 is 0. The molecule has 0 amide bonds. The zero-order chi connectivity index (χ0) is 10.3. The molecule has 2 rings (SSSR count). The highest BCUT2D eigenvalue weighted by atomic mass is 16.2. The van der Waals surface area contributed by atoms with Crippen LogP contribution in [0.4, 0.5) is 0 Å². The Bertz CT molecular complexity index is 436. The Morgan fingerprint density at radius 3 is 2.64 bits per heavy atom. The maximum absolute atomic E-state index is 11.8. The standard InChI is InChI=1S/C9H15N3O2/c1-3-6(2)12-9(14)11(7-4-5-7)8(13)10-12/h6-7H,3-5H2,1-2H3,(H,10,13). The summed E-state index contributed by atoms with van der Waals surface area (Å²) in [5, 5.41) is 2.60. The molecule has 78 valence electrons. The van der Waals surface area contributed by atoms with Crippen molar-refractivity contribution < 1.29 is 0 Å². The molecule has 0 radical (unpaired) electrons. The minimum atomic E-state index is -0.266. The van der Waals surface area contributed by atoms with Gasteiger partial charge in [0, 0.05) is 6.04 Å². The number of nitrogens with zero attached hydrogens (tertiary/aromatic N) is 2. The van der Waals surface area contributed by atoms with Crippen molar-refractivity contribution in [3.05, 3.63) is 21.0 Å². The van der Waals surface area contributed by atoms with Gasteiger partial charge in [0.1, 0.15) is 0 Å². The summed E-state index contributed by atoms with van der Waals surface area (Å²) in [4.78, 5) is 23.2. The molecule has 0 bridgehead atoms. The first-order valence-electron chi connectivity index (χ1n) is 5.08. The molecule has 1 aromatic heterocycles. The number of hydrogen-bond acceptors (Lipinski definition) is 2. The monoisotopic (exact) mass is 197 g/mol. The van der Waals surface area contributed by atoms with Crippen LogP contribution >= 0.6 is 0 Å². The fourth-order valence-corrected chi connectivity index (χ4v) is 1.54. The lowest BCUT2D eigenvalue weighted by Crippen LogP contribution is -2.29. The maximum atomic E-state index is 11.8. The average Bonchev–Trinajstić information content (AvgIpc) is 2.93. The largest absolute Gasteiger partial charge is 0.347 e. The lowest BCUT2D eigenvalue weighted by Gasteiger charge is -2.06. The zero-order valence-corrected chi connectivity index (χ0v) is 8.49. The molecular formula is C9H15N3O2. The number of aromatic nitrogens is 3. The van der Waals surface area contributed by atoms with Gasteiger partial charge in [-0.15, -0.1) is 0 Å². The third-order valence-corrected chi connectivity index (χ3v) is 2.79. The van der Waals surface area contributed by atoms with E-state index in [1.54, 1.807) is 0 Å². The molecule has 5 heteroatoms. The molecule has 1 aliphatic carbocycles. The van der Waals surface area contributed by atoms with Crippen molar-refractivity contribution in [2.24, 2.45) is 0 Å². The van der Waals surface area contributed by atoms with Gasteiger partial charge in [-0.3, -0.25) is 0 Å². The molecule has 1 aliphatic rings. The lowest BCUT2D eigenvalue weighted by molar-refractivity contribution is 0.455. The first kappa shape index (κ1) is 9.30. The van der Waals surface area contributed by atoms with Crippen LogP contribution in [-0.2, 0) is 0 Å². The molecule has 0 spiro atoms. The minimum Gasteiger partial charge on any atom is -0.246 e. The highest BCUT2D eigenvalue weighted by Crippen LogP contribution is 2.32. The van der Waals surface area contributed by atoms with Crippen molar-refractivity contribution in [1.29, 1.82) is 0 Å². The lowest BCUT2D eigenvalue weighted by atomic mass is 10.3. The van der Waals surface area contributed by atoms with Gasteiger partial charge in [-0.2, -0.15) is 0 Å². The van der Waals surface area contributed by atoms with E-state index in [1.807, 2.05) is 13.8 Å². The Labute approximate surface area is 81.3 Å². The molecule has 14 heavy (non-hydrogen) atoms. The molecular weight excluding hydrogens is 182 g/mol. The second kappa shape index (κ2) is 3.15. The van der Waals surface area contributed by atoms with Crippen LogP contribution in [0.2, 0.25) is 0 Å². The molecule has 1 atom stereocenters. The second-order valence-electron chi connectivity index (χ2n) is 3.93. The fraction of sp³-hybridized carbons (Fsp3) is 0.778. The van der Waals surface area contributed by atoms with Crippen LogP contribution in [0.15, 0.2) is 9.59 Å². The van der Waals surface area contributed by atoms with E-state index in [0.717, 1.165) is 19.3 Å². The first-order chi connectivity index (χ1) is 6.65. The normalized spacial score (nSPS) is 18.4. The number of aromatic amines is 1.